The zero-order chi connectivity index (χ0) is 32.0. The number of rotatable bonds is 9. The van der Waals surface area contributed by atoms with Gasteiger partial charge in [0.15, 0.2) is 5.78 Å². The molecule has 4 rings (SSSR count). The van der Waals surface area contributed by atoms with Crippen LogP contribution < -0.4 is 0 Å². The quantitative estimate of drug-likeness (QED) is 0.211. The largest absolute Gasteiger partial charge is 0.459 e. The minimum atomic E-state index is -0.823. The molecule has 4 heterocycles. The fourth-order valence-corrected chi connectivity index (χ4v) is 8.03. The molecule has 4 aliphatic heterocycles. The molecule has 43 heavy (non-hydrogen) atoms. The van der Waals surface area contributed by atoms with E-state index < -0.39 is 35.0 Å². The first-order valence-electron chi connectivity index (χ1n) is 16.0. The van der Waals surface area contributed by atoms with Gasteiger partial charge in [0.1, 0.15) is 23.4 Å². The van der Waals surface area contributed by atoms with Crippen molar-refractivity contribution in [2.75, 3.05) is 0 Å². The summed E-state index contributed by atoms with van der Waals surface area (Å²) in [5, 5.41) is 0. The molecule has 0 N–H and O–H groups in total. The number of hydrogen-bond donors (Lipinski definition) is 0. The van der Waals surface area contributed by atoms with Crippen molar-refractivity contribution in [1.82, 2.24) is 0 Å². The number of ether oxygens (including phenoxy) is 6. The zero-order valence-electron chi connectivity index (χ0n) is 27.6. The highest BCUT2D eigenvalue weighted by Crippen LogP contribution is 2.48. The lowest BCUT2D eigenvalue weighted by Crippen LogP contribution is -2.62. The van der Waals surface area contributed by atoms with Crippen LogP contribution in [0.5, 0.6) is 0 Å². The Labute approximate surface area is 265 Å². The first-order valence-corrected chi connectivity index (χ1v) is 16.9. The lowest BCUT2D eigenvalue weighted by molar-refractivity contribution is -0.285. The second kappa shape index (κ2) is 12.6. The minimum Gasteiger partial charge on any atom is -0.459 e. The second-order valence-electron chi connectivity index (χ2n) is 14.9. The van der Waals surface area contributed by atoms with Crippen LogP contribution in [0, 0.1) is 0 Å². The molecule has 4 fully saturated rings. The van der Waals surface area contributed by atoms with Crippen molar-refractivity contribution < 1.29 is 42.8 Å². The van der Waals surface area contributed by atoms with Crippen LogP contribution in [0.1, 0.15) is 127 Å². The topological polar surface area (TPSA) is 107 Å². The maximum Gasteiger partial charge on any atom is 0.303 e. The Hall–Kier alpha value is -1.07. The van der Waals surface area contributed by atoms with E-state index in [0.717, 1.165) is 32.1 Å². The molecule has 4 aliphatic rings. The molecule has 0 spiro atoms. The molecule has 10 heteroatoms. The Balaban J connectivity index is 1.35. The Kier molecular flexibility index (Phi) is 10.2. The normalized spacial score (nSPS) is 40.3. The average Bonchev–Trinajstić information content (AvgIpc) is 3.31. The predicted molar refractivity (Wildman–Crippen MR) is 164 cm³/mol. The van der Waals surface area contributed by atoms with Gasteiger partial charge in [0, 0.05) is 25.1 Å². The van der Waals surface area contributed by atoms with E-state index in [1.165, 1.54) is 13.8 Å². The number of halogens is 1. The Morgan fingerprint density at radius 1 is 0.860 bits per heavy atom. The van der Waals surface area contributed by atoms with Gasteiger partial charge in [-0.05, 0) is 106 Å². The van der Waals surface area contributed by atoms with Gasteiger partial charge >= 0.3 is 11.9 Å². The van der Waals surface area contributed by atoms with Gasteiger partial charge in [-0.2, -0.15) is 0 Å². The third-order valence-corrected chi connectivity index (χ3v) is 11.9. The first kappa shape index (κ1) is 34.8. The molecule has 9 atom stereocenters. The third kappa shape index (κ3) is 7.67. The van der Waals surface area contributed by atoms with Crippen molar-refractivity contribution in [2.24, 2.45) is 0 Å². The Morgan fingerprint density at radius 2 is 1.51 bits per heavy atom. The number of ketones is 1. The second-order valence-corrected chi connectivity index (χ2v) is 16.0. The summed E-state index contributed by atoms with van der Waals surface area (Å²) in [5.41, 5.74) is -2.80. The molecule has 246 valence electrons. The van der Waals surface area contributed by atoms with Crippen LogP contribution in [0.15, 0.2) is 0 Å². The van der Waals surface area contributed by atoms with Crippen LogP contribution in [0.4, 0.5) is 0 Å². The van der Waals surface area contributed by atoms with Gasteiger partial charge in [-0.25, -0.2) is 0 Å². The molecule has 0 amide bonds. The number of carbonyl (C=O) groups excluding carboxylic acids is 3. The Morgan fingerprint density at radius 3 is 2.14 bits per heavy atom. The number of esters is 2. The molecule has 0 aromatic rings. The maximum absolute atomic E-state index is 13.5. The molecule has 9 nitrogen and oxygen atoms in total. The van der Waals surface area contributed by atoms with Crippen molar-refractivity contribution in [2.45, 2.75) is 190 Å². The van der Waals surface area contributed by atoms with Crippen LogP contribution >= 0.6 is 15.9 Å². The summed E-state index contributed by atoms with van der Waals surface area (Å²) in [6.07, 6.45) is 5.07. The van der Waals surface area contributed by atoms with E-state index in [1.54, 1.807) is 0 Å². The van der Waals surface area contributed by atoms with Crippen molar-refractivity contribution >= 4 is 33.7 Å². The van der Waals surface area contributed by atoms with E-state index in [4.69, 9.17) is 28.4 Å². The molecule has 0 unspecified atom stereocenters. The highest BCUT2D eigenvalue weighted by Gasteiger charge is 2.55. The molecular weight excluding hydrogens is 620 g/mol. The summed E-state index contributed by atoms with van der Waals surface area (Å²) in [6, 6.07) is 0. The molecule has 0 aliphatic carbocycles. The van der Waals surface area contributed by atoms with Gasteiger partial charge in [0.05, 0.1) is 35.1 Å². The zero-order valence-corrected chi connectivity index (χ0v) is 29.2. The summed E-state index contributed by atoms with van der Waals surface area (Å²) in [6.45, 7) is 16.8. The van der Waals surface area contributed by atoms with Gasteiger partial charge in [0.25, 0.3) is 0 Å². The lowest BCUT2D eigenvalue weighted by atomic mass is 9.76. The van der Waals surface area contributed by atoms with Gasteiger partial charge in [-0.3, -0.25) is 14.4 Å². The van der Waals surface area contributed by atoms with E-state index in [9.17, 15) is 14.4 Å². The standard InChI is InChI=1S/C33H53BrO9/c1-20(35)38-26(32(8)18-15-25(42-32)30(5,6)40-21(2)36)12-10-22(37)23-11-13-27-31(7,41-23)19-16-28(39-27)33(9)17-14-24(34)29(3,4)43-33/h23-28H,10-19H2,1-9H3/t23-,24-,25-,26+,27+,28+,31+,32-,33+/m1/s1. The van der Waals surface area contributed by atoms with E-state index in [1.807, 2.05) is 20.8 Å². The van der Waals surface area contributed by atoms with Crippen molar-refractivity contribution in [3.63, 3.8) is 0 Å². The van der Waals surface area contributed by atoms with Gasteiger partial charge in [-0.1, -0.05) is 15.9 Å². The van der Waals surface area contributed by atoms with Crippen molar-refractivity contribution in [3.05, 3.63) is 0 Å². The Bertz CT molecular complexity index is 1060. The fraction of sp³-hybridized carbons (Fsp3) is 0.909. The van der Waals surface area contributed by atoms with Crippen LogP contribution in [0.25, 0.3) is 0 Å². The lowest BCUT2D eigenvalue weighted by Gasteiger charge is -2.55. The monoisotopic (exact) mass is 672 g/mol. The number of alkyl halides is 1. The molecular formula is C33H53BrO9. The minimum absolute atomic E-state index is 0.00466. The number of Topliss-reactive ketones (excluding diaryl/α,β-unsaturated/α-hetero) is 1. The van der Waals surface area contributed by atoms with E-state index in [2.05, 4.69) is 43.6 Å². The first-order chi connectivity index (χ1) is 19.8. The summed E-state index contributed by atoms with van der Waals surface area (Å²) in [4.78, 5) is 37.5. The van der Waals surface area contributed by atoms with Crippen LogP contribution in [-0.4, -0.2) is 81.1 Å². The predicted octanol–water partition coefficient (Wildman–Crippen LogP) is 6.14. The summed E-state index contributed by atoms with van der Waals surface area (Å²) in [5.74, 6) is -0.793. The number of carbonyl (C=O) groups is 3. The van der Waals surface area contributed by atoms with Crippen LogP contribution in [0.2, 0.25) is 0 Å². The fourth-order valence-electron chi connectivity index (χ4n) is 7.71. The van der Waals surface area contributed by atoms with Crippen molar-refractivity contribution in [1.29, 1.82) is 0 Å². The molecule has 0 radical (unpaired) electrons. The molecule has 0 aromatic carbocycles. The smallest absolute Gasteiger partial charge is 0.303 e. The van der Waals surface area contributed by atoms with Gasteiger partial charge in [-0.15, -0.1) is 0 Å². The van der Waals surface area contributed by atoms with Crippen LogP contribution in [0.3, 0.4) is 0 Å². The maximum atomic E-state index is 13.5. The number of fused-ring (bicyclic) bond motifs is 1. The molecule has 0 saturated carbocycles. The van der Waals surface area contributed by atoms with Gasteiger partial charge < -0.3 is 28.4 Å². The van der Waals surface area contributed by atoms with Crippen LogP contribution in [-0.2, 0) is 42.8 Å². The third-order valence-electron chi connectivity index (χ3n) is 10.3. The van der Waals surface area contributed by atoms with E-state index in [-0.39, 0.29) is 47.7 Å². The molecule has 0 bridgehead atoms. The summed E-state index contributed by atoms with van der Waals surface area (Å²) in [7, 11) is 0. The van der Waals surface area contributed by atoms with E-state index in [0.29, 0.717) is 30.5 Å². The summed E-state index contributed by atoms with van der Waals surface area (Å²) < 4.78 is 37.5. The molecule has 0 aromatic heterocycles. The number of hydrogen-bond acceptors (Lipinski definition) is 9. The SMILES string of the molecule is CC(=O)O[C@@H](CCC(=O)[C@H]1CC[C@@H]2O[C@H]([C@]3(C)CC[C@@H](Br)C(C)(C)O3)CC[C@]2(C)O1)[C@@]1(C)CC[C@H](C(C)(C)OC(C)=O)O1. The highest BCUT2D eigenvalue weighted by atomic mass is 79.9. The average molecular weight is 674 g/mol. The van der Waals surface area contributed by atoms with E-state index >= 15 is 0 Å². The molecule has 4 saturated heterocycles. The van der Waals surface area contributed by atoms with Gasteiger partial charge in [0.2, 0.25) is 0 Å². The highest BCUT2D eigenvalue weighted by molar-refractivity contribution is 9.09. The van der Waals surface area contributed by atoms with Crippen molar-refractivity contribution in [3.8, 4) is 0 Å². The summed E-state index contributed by atoms with van der Waals surface area (Å²) >= 11 is 3.78.